The number of nitrogen functional groups attached to an aromatic ring is 1. The van der Waals surface area contributed by atoms with Gasteiger partial charge in [-0.3, -0.25) is 0 Å². The van der Waals surface area contributed by atoms with Crippen molar-refractivity contribution < 1.29 is 22.3 Å². The van der Waals surface area contributed by atoms with E-state index in [2.05, 4.69) is 4.98 Å². The number of rotatable bonds is 2. The van der Waals surface area contributed by atoms with E-state index >= 15 is 0 Å². The number of pyridine rings is 1. The van der Waals surface area contributed by atoms with Gasteiger partial charge in [0, 0.05) is 24.0 Å². The van der Waals surface area contributed by atoms with Gasteiger partial charge in [0.1, 0.15) is 0 Å². The number of halogens is 4. The molecule has 0 aliphatic heterocycles. The van der Waals surface area contributed by atoms with Crippen LogP contribution in [0.5, 0.6) is 11.6 Å². The van der Waals surface area contributed by atoms with Gasteiger partial charge in [-0.25, -0.2) is 9.37 Å². The highest BCUT2D eigenvalue weighted by molar-refractivity contribution is 5.43. The maximum Gasteiger partial charge on any atom is 0.416 e. The molecule has 0 saturated heterocycles. The third-order valence-electron chi connectivity index (χ3n) is 2.23. The highest BCUT2D eigenvalue weighted by Gasteiger charge is 2.31. The smallest absolute Gasteiger partial charge is 0.416 e. The van der Waals surface area contributed by atoms with Crippen LogP contribution >= 0.6 is 0 Å². The first-order chi connectivity index (χ1) is 8.86. The number of benzene rings is 1. The molecule has 0 radical (unpaired) electrons. The molecule has 3 nitrogen and oxygen atoms in total. The number of aromatic nitrogens is 1. The number of ether oxygens (including phenoxy) is 1. The van der Waals surface area contributed by atoms with Crippen molar-refractivity contribution in [3.63, 3.8) is 0 Å². The lowest BCUT2D eigenvalue weighted by Gasteiger charge is -2.09. The normalized spacial score (nSPS) is 11.4. The Morgan fingerprint density at radius 3 is 2.47 bits per heavy atom. The molecule has 1 heterocycles. The van der Waals surface area contributed by atoms with Crippen LogP contribution in [0.4, 0.5) is 23.2 Å². The summed E-state index contributed by atoms with van der Waals surface area (Å²) in [6, 6.07) is 5.07. The van der Waals surface area contributed by atoms with Crippen molar-refractivity contribution in [2.45, 2.75) is 6.18 Å². The highest BCUT2D eigenvalue weighted by atomic mass is 19.4. The first-order valence-corrected chi connectivity index (χ1v) is 5.12. The molecule has 0 saturated carbocycles. The van der Waals surface area contributed by atoms with E-state index < -0.39 is 17.6 Å². The van der Waals surface area contributed by atoms with Gasteiger partial charge in [0.2, 0.25) is 5.88 Å². The molecule has 0 unspecified atom stereocenters. The molecule has 0 aliphatic carbocycles. The van der Waals surface area contributed by atoms with Crippen LogP contribution in [0.1, 0.15) is 5.56 Å². The summed E-state index contributed by atoms with van der Waals surface area (Å²) in [7, 11) is 0. The monoisotopic (exact) mass is 272 g/mol. The fourth-order valence-electron chi connectivity index (χ4n) is 1.35. The molecule has 7 heteroatoms. The molecule has 0 aliphatic rings. The van der Waals surface area contributed by atoms with Gasteiger partial charge in [-0.15, -0.1) is 0 Å². The zero-order chi connectivity index (χ0) is 14.0. The van der Waals surface area contributed by atoms with Gasteiger partial charge in [-0.05, 0) is 18.2 Å². The van der Waals surface area contributed by atoms with E-state index in [4.69, 9.17) is 10.5 Å². The Balaban J connectivity index is 2.29. The van der Waals surface area contributed by atoms with E-state index in [-0.39, 0.29) is 17.3 Å². The van der Waals surface area contributed by atoms with Crippen LogP contribution in [0.2, 0.25) is 0 Å². The Labute approximate surface area is 105 Å². The van der Waals surface area contributed by atoms with Crippen molar-refractivity contribution in [2.24, 2.45) is 0 Å². The van der Waals surface area contributed by atoms with Crippen LogP contribution in [0.15, 0.2) is 36.5 Å². The summed E-state index contributed by atoms with van der Waals surface area (Å²) < 4.78 is 55.8. The molecular formula is C12H8F4N2O. The number of nitrogens with zero attached hydrogens (tertiary/aromatic N) is 1. The number of hydrogen-bond donors (Lipinski definition) is 1. The molecule has 0 bridgehead atoms. The van der Waals surface area contributed by atoms with Crippen LogP contribution < -0.4 is 10.5 Å². The van der Waals surface area contributed by atoms with Crippen molar-refractivity contribution in [3.8, 4) is 11.6 Å². The molecule has 1 aromatic carbocycles. The summed E-state index contributed by atoms with van der Waals surface area (Å²) in [5, 5.41) is 0. The highest BCUT2D eigenvalue weighted by Crippen LogP contribution is 2.32. The van der Waals surface area contributed by atoms with E-state index in [1.54, 1.807) is 0 Å². The number of alkyl halides is 3. The molecule has 19 heavy (non-hydrogen) atoms. The maximum atomic E-state index is 13.4. The molecule has 0 fully saturated rings. The predicted octanol–water partition coefficient (Wildman–Crippen LogP) is 3.61. The first-order valence-electron chi connectivity index (χ1n) is 5.12. The van der Waals surface area contributed by atoms with Crippen LogP contribution in [-0.4, -0.2) is 4.98 Å². The Kier molecular flexibility index (Phi) is 3.28. The zero-order valence-electron chi connectivity index (χ0n) is 9.41. The van der Waals surface area contributed by atoms with Gasteiger partial charge in [-0.2, -0.15) is 13.2 Å². The van der Waals surface area contributed by atoms with E-state index in [0.29, 0.717) is 6.07 Å². The SMILES string of the molecule is Nc1ccc(Oc2cc(C(F)(F)F)ccn2)c(F)c1. The maximum absolute atomic E-state index is 13.4. The molecule has 2 aromatic rings. The Bertz CT molecular complexity index is 599. The number of hydrogen-bond acceptors (Lipinski definition) is 3. The Morgan fingerprint density at radius 1 is 1.11 bits per heavy atom. The average molecular weight is 272 g/mol. The zero-order valence-corrected chi connectivity index (χ0v) is 9.41. The summed E-state index contributed by atoms with van der Waals surface area (Å²) in [4.78, 5) is 3.59. The Hall–Kier alpha value is -2.31. The van der Waals surface area contributed by atoms with Gasteiger partial charge < -0.3 is 10.5 Å². The predicted molar refractivity (Wildman–Crippen MR) is 60.1 cm³/mol. The minimum atomic E-state index is -4.51. The van der Waals surface area contributed by atoms with E-state index in [9.17, 15) is 17.6 Å². The van der Waals surface area contributed by atoms with E-state index in [0.717, 1.165) is 18.3 Å². The lowest BCUT2D eigenvalue weighted by Crippen LogP contribution is -2.05. The molecule has 2 rings (SSSR count). The van der Waals surface area contributed by atoms with Crippen molar-refractivity contribution in [1.29, 1.82) is 0 Å². The fraction of sp³-hybridized carbons (Fsp3) is 0.0833. The van der Waals surface area contributed by atoms with Gasteiger partial charge >= 0.3 is 6.18 Å². The second-order valence-electron chi connectivity index (χ2n) is 3.67. The number of nitrogens with two attached hydrogens (primary N) is 1. The minimum absolute atomic E-state index is 0.182. The average Bonchev–Trinajstić information content (AvgIpc) is 2.32. The lowest BCUT2D eigenvalue weighted by molar-refractivity contribution is -0.137. The molecule has 100 valence electrons. The summed E-state index contributed by atoms with van der Waals surface area (Å²) >= 11 is 0. The van der Waals surface area contributed by atoms with E-state index in [1.807, 2.05) is 0 Å². The largest absolute Gasteiger partial charge is 0.436 e. The second kappa shape index (κ2) is 4.75. The summed E-state index contributed by atoms with van der Waals surface area (Å²) in [5.74, 6) is -1.38. The van der Waals surface area contributed by atoms with E-state index in [1.165, 1.54) is 12.1 Å². The second-order valence-corrected chi connectivity index (χ2v) is 3.67. The van der Waals surface area contributed by atoms with Gasteiger partial charge in [0.15, 0.2) is 11.6 Å². The topological polar surface area (TPSA) is 48.1 Å². The summed E-state index contributed by atoms with van der Waals surface area (Å²) in [6.07, 6.45) is -3.58. The van der Waals surface area contributed by atoms with Crippen LogP contribution in [0, 0.1) is 5.82 Å². The third-order valence-corrected chi connectivity index (χ3v) is 2.23. The number of anilines is 1. The molecule has 0 spiro atoms. The van der Waals surface area contributed by atoms with Crippen molar-refractivity contribution in [1.82, 2.24) is 4.98 Å². The van der Waals surface area contributed by atoms with Gasteiger partial charge in [0.25, 0.3) is 0 Å². The van der Waals surface area contributed by atoms with Crippen LogP contribution in [0.3, 0.4) is 0 Å². The quantitative estimate of drug-likeness (QED) is 0.671. The first kappa shape index (κ1) is 13.1. The lowest BCUT2D eigenvalue weighted by atomic mass is 10.2. The fourth-order valence-corrected chi connectivity index (χ4v) is 1.35. The minimum Gasteiger partial charge on any atom is -0.436 e. The molecular weight excluding hydrogens is 264 g/mol. The standard InChI is InChI=1S/C12H8F4N2O/c13-9-6-8(17)1-2-10(9)19-11-5-7(3-4-18-11)12(14,15)16/h1-6H,17H2. The van der Waals surface area contributed by atoms with Gasteiger partial charge in [-0.1, -0.05) is 0 Å². The molecule has 0 atom stereocenters. The Morgan fingerprint density at radius 2 is 1.84 bits per heavy atom. The van der Waals surface area contributed by atoms with Crippen LogP contribution in [-0.2, 0) is 6.18 Å². The van der Waals surface area contributed by atoms with Gasteiger partial charge in [0.05, 0.1) is 5.56 Å². The molecule has 0 amide bonds. The van der Waals surface area contributed by atoms with Crippen molar-refractivity contribution >= 4 is 5.69 Å². The van der Waals surface area contributed by atoms with Crippen molar-refractivity contribution in [3.05, 3.63) is 47.9 Å². The van der Waals surface area contributed by atoms with Crippen molar-refractivity contribution in [2.75, 3.05) is 5.73 Å². The summed E-state index contributed by atoms with van der Waals surface area (Å²) in [6.45, 7) is 0. The third kappa shape index (κ3) is 3.12. The summed E-state index contributed by atoms with van der Waals surface area (Å²) in [5.41, 5.74) is 4.60. The van der Waals surface area contributed by atoms with Crippen LogP contribution in [0.25, 0.3) is 0 Å². The molecule has 1 aromatic heterocycles. The molecule has 2 N–H and O–H groups in total.